The predicted molar refractivity (Wildman–Crippen MR) is 80.9 cm³/mol. The van der Waals surface area contributed by atoms with E-state index in [4.69, 9.17) is 4.74 Å². The maximum Gasteiger partial charge on any atom is 0.295 e. The summed E-state index contributed by atoms with van der Waals surface area (Å²) >= 11 is 0. The number of hydrogen-bond donors (Lipinski definition) is 1. The lowest BCUT2D eigenvalue weighted by Crippen LogP contribution is -2.31. The van der Waals surface area contributed by atoms with Gasteiger partial charge in [0.2, 0.25) is 0 Å². The molecule has 1 heterocycles. The first-order valence-electron chi connectivity index (χ1n) is 7.01. The molecule has 0 radical (unpaired) electrons. The Labute approximate surface area is 123 Å². The van der Waals surface area contributed by atoms with Gasteiger partial charge in [0, 0.05) is 30.2 Å². The van der Waals surface area contributed by atoms with Gasteiger partial charge in [-0.3, -0.25) is 0 Å². The van der Waals surface area contributed by atoms with Gasteiger partial charge in [-0.1, -0.05) is 6.08 Å². The Hall–Kier alpha value is -1.88. The van der Waals surface area contributed by atoms with Gasteiger partial charge in [0.15, 0.2) is 0 Å². The Bertz CT molecular complexity index is 595. The molecular weight excluding hydrogens is 274 g/mol. The molecular formula is C16H20F2N2O. The van der Waals surface area contributed by atoms with Gasteiger partial charge in [-0.15, -0.1) is 6.58 Å². The summed E-state index contributed by atoms with van der Waals surface area (Å²) < 4.78 is 31.2. The van der Waals surface area contributed by atoms with Gasteiger partial charge in [-0.25, -0.2) is 4.90 Å². The van der Waals surface area contributed by atoms with Crippen LogP contribution in [-0.2, 0) is 6.42 Å². The van der Waals surface area contributed by atoms with Crippen LogP contribution in [0.1, 0.15) is 12.5 Å². The van der Waals surface area contributed by atoms with Crippen molar-refractivity contribution in [3.63, 3.8) is 0 Å². The van der Waals surface area contributed by atoms with Crippen molar-refractivity contribution in [3.05, 3.63) is 42.6 Å². The van der Waals surface area contributed by atoms with Crippen LogP contribution in [0.5, 0.6) is 5.75 Å². The molecule has 21 heavy (non-hydrogen) atoms. The molecule has 0 aliphatic carbocycles. The van der Waals surface area contributed by atoms with Gasteiger partial charge in [-0.05, 0) is 37.1 Å². The first-order valence-corrected chi connectivity index (χ1v) is 7.01. The van der Waals surface area contributed by atoms with Crippen LogP contribution in [0, 0.1) is 0 Å². The molecule has 2 aromatic rings. The van der Waals surface area contributed by atoms with Crippen molar-refractivity contribution in [2.75, 3.05) is 19.7 Å². The highest BCUT2D eigenvalue weighted by molar-refractivity contribution is 5.84. The molecule has 0 amide bonds. The normalized spacial score (nSPS) is 11.5. The number of alkyl halides is 2. The van der Waals surface area contributed by atoms with Gasteiger partial charge in [0.25, 0.3) is 6.55 Å². The molecule has 0 atom stereocenters. The van der Waals surface area contributed by atoms with Crippen LogP contribution in [0.25, 0.3) is 10.9 Å². The summed E-state index contributed by atoms with van der Waals surface area (Å²) in [5, 5.41) is 1.02. The smallest absolute Gasteiger partial charge is 0.295 e. The molecule has 114 valence electrons. The fraction of sp³-hybridized carbons (Fsp3) is 0.375. The lowest BCUT2D eigenvalue weighted by atomic mass is 10.1. The van der Waals surface area contributed by atoms with Crippen molar-refractivity contribution in [2.45, 2.75) is 19.9 Å². The average Bonchev–Trinajstić information content (AvgIpc) is 2.86. The summed E-state index contributed by atoms with van der Waals surface area (Å²) in [5.41, 5.74) is 2.00. The summed E-state index contributed by atoms with van der Waals surface area (Å²) in [6.07, 6.45) is 3.92. The Morgan fingerprint density at radius 2 is 2.24 bits per heavy atom. The highest BCUT2D eigenvalue weighted by atomic mass is 19.3. The zero-order chi connectivity index (χ0) is 15.2. The second kappa shape index (κ2) is 7.22. The molecule has 0 aliphatic heterocycles. The lowest BCUT2D eigenvalue weighted by molar-refractivity contribution is -0.0185. The largest absolute Gasteiger partial charge is 0.494 e. The van der Waals surface area contributed by atoms with Crippen LogP contribution in [-0.4, -0.2) is 36.1 Å². The first-order chi connectivity index (χ1) is 10.2. The van der Waals surface area contributed by atoms with Crippen LogP contribution in [0.2, 0.25) is 0 Å². The number of nitrogens with one attached hydrogen (secondary N) is 1. The third-order valence-electron chi connectivity index (χ3n) is 3.36. The Kier molecular flexibility index (Phi) is 5.33. The van der Waals surface area contributed by atoms with E-state index < -0.39 is 6.55 Å². The number of halogens is 2. The van der Waals surface area contributed by atoms with Crippen molar-refractivity contribution in [3.8, 4) is 5.75 Å². The summed E-state index contributed by atoms with van der Waals surface area (Å²) in [4.78, 5) is 4.26. The number of ether oxygens (including phenoxy) is 1. The number of aromatic amines is 1. The Balaban J connectivity index is 2.14. The summed E-state index contributed by atoms with van der Waals surface area (Å²) in [6.45, 7) is 4.05. The van der Waals surface area contributed by atoms with Gasteiger partial charge in [0.1, 0.15) is 5.75 Å². The van der Waals surface area contributed by atoms with Gasteiger partial charge < -0.3 is 9.72 Å². The molecule has 3 nitrogen and oxygen atoms in total. The Morgan fingerprint density at radius 3 is 2.90 bits per heavy atom. The number of rotatable bonds is 8. The summed E-state index contributed by atoms with van der Waals surface area (Å²) in [5.74, 6) is 0.794. The topological polar surface area (TPSA) is 28.3 Å². The third-order valence-corrected chi connectivity index (χ3v) is 3.36. The number of fused-ring (bicyclic) bond motifs is 1. The van der Waals surface area contributed by atoms with Gasteiger partial charge in [0.05, 0.1) is 6.61 Å². The van der Waals surface area contributed by atoms with Crippen LogP contribution in [0.4, 0.5) is 8.78 Å². The van der Waals surface area contributed by atoms with E-state index in [0.717, 1.165) is 27.1 Å². The maximum absolute atomic E-state index is 12.8. The SMILES string of the molecule is C=CCN(CCc1c[nH]c2ccc(OCC)cc12)C(F)F. The fourth-order valence-electron chi connectivity index (χ4n) is 2.32. The number of hydrogen-bond acceptors (Lipinski definition) is 2. The molecule has 0 unspecified atom stereocenters. The van der Waals surface area contributed by atoms with E-state index in [0.29, 0.717) is 13.0 Å². The third kappa shape index (κ3) is 3.82. The van der Waals surface area contributed by atoms with E-state index in [1.807, 2.05) is 31.3 Å². The van der Waals surface area contributed by atoms with Crippen molar-refractivity contribution < 1.29 is 13.5 Å². The minimum absolute atomic E-state index is 0.185. The van der Waals surface area contributed by atoms with Crippen LogP contribution < -0.4 is 4.74 Å². The van der Waals surface area contributed by atoms with Crippen molar-refractivity contribution in [1.82, 2.24) is 9.88 Å². The van der Waals surface area contributed by atoms with E-state index in [-0.39, 0.29) is 13.1 Å². The standard InChI is InChI=1S/C16H20F2N2O/c1-3-8-20(16(17)18)9-7-12-11-19-15-6-5-13(21-4-2)10-14(12)15/h3,5-6,10-11,16,19H,1,4,7-9H2,2H3. The molecule has 1 N–H and O–H groups in total. The molecule has 0 spiro atoms. The van der Waals surface area contributed by atoms with E-state index in [2.05, 4.69) is 11.6 Å². The van der Waals surface area contributed by atoms with Gasteiger partial charge in [-0.2, -0.15) is 8.78 Å². The van der Waals surface area contributed by atoms with E-state index in [1.165, 1.54) is 6.08 Å². The van der Waals surface area contributed by atoms with Crippen molar-refractivity contribution in [2.24, 2.45) is 0 Å². The second-order valence-electron chi connectivity index (χ2n) is 4.77. The zero-order valence-electron chi connectivity index (χ0n) is 12.1. The lowest BCUT2D eigenvalue weighted by Gasteiger charge is -2.18. The average molecular weight is 294 g/mol. The van der Waals surface area contributed by atoms with Crippen LogP contribution in [0.3, 0.4) is 0 Å². The van der Waals surface area contributed by atoms with Crippen molar-refractivity contribution in [1.29, 1.82) is 0 Å². The van der Waals surface area contributed by atoms with Gasteiger partial charge >= 0.3 is 0 Å². The molecule has 1 aromatic heterocycles. The number of nitrogens with zero attached hydrogens (tertiary/aromatic N) is 1. The maximum atomic E-state index is 12.8. The Morgan fingerprint density at radius 1 is 1.43 bits per heavy atom. The van der Waals surface area contributed by atoms with Crippen LogP contribution in [0.15, 0.2) is 37.1 Å². The zero-order valence-corrected chi connectivity index (χ0v) is 12.1. The minimum atomic E-state index is -2.47. The number of H-pyrrole nitrogens is 1. The molecule has 0 aliphatic rings. The second-order valence-corrected chi connectivity index (χ2v) is 4.77. The van der Waals surface area contributed by atoms with Crippen LogP contribution >= 0.6 is 0 Å². The number of benzene rings is 1. The molecule has 2 rings (SSSR count). The number of aromatic nitrogens is 1. The minimum Gasteiger partial charge on any atom is -0.494 e. The van der Waals surface area contributed by atoms with E-state index >= 15 is 0 Å². The first kappa shape index (κ1) is 15.5. The quantitative estimate of drug-likeness (QED) is 0.592. The highest BCUT2D eigenvalue weighted by Gasteiger charge is 2.15. The monoisotopic (exact) mass is 294 g/mol. The molecule has 0 saturated carbocycles. The fourth-order valence-corrected chi connectivity index (χ4v) is 2.32. The molecule has 0 saturated heterocycles. The highest BCUT2D eigenvalue weighted by Crippen LogP contribution is 2.24. The molecule has 0 fully saturated rings. The molecule has 5 heteroatoms. The van der Waals surface area contributed by atoms with E-state index in [1.54, 1.807) is 0 Å². The molecule has 0 bridgehead atoms. The van der Waals surface area contributed by atoms with Crippen molar-refractivity contribution >= 4 is 10.9 Å². The predicted octanol–water partition coefficient (Wildman–Crippen LogP) is 3.82. The summed E-state index contributed by atoms with van der Waals surface area (Å²) in [6, 6.07) is 5.79. The molecule has 1 aromatic carbocycles. The summed E-state index contributed by atoms with van der Waals surface area (Å²) in [7, 11) is 0. The van der Waals surface area contributed by atoms with E-state index in [9.17, 15) is 8.78 Å².